The van der Waals surface area contributed by atoms with Gasteiger partial charge in [-0.2, -0.15) is 0 Å². The Morgan fingerprint density at radius 1 is 1.35 bits per heavy atom. The molecule has 138 valence electrons. The van der Waals surface area contributed by atoms with E-state index in [1.807, 2.05) is 30.5 Å². The van der Waals surface area contributed by atoms with Gasteiger partial charge in [-0.3, -0.25) is 9.59 Å². The number of para-hydroxylation sites is 1. The summed E-state index contributed by atoms with van der Waals surface area (Å²) in [6, 6.07) is 7.57. The van der Waals surface area contributed by atoms with Crippen LogP contribution < -0.4 is 10.6 Å². The van der Waals surface area contributed by atoms with Gasteiger partial charge in [0.25, 0.3) is 0 Å². The number of aromatic amines is 1. The summed E-state index contributed by atoms with van der Waals surface area (Å²) < 4.78 is 5.72. The molecule has 2 fully saturated rings. The van der Waals surface area contributed by atoms with Crippen LogP contribution in [0, 0.1) is 5.92 Å². The van der Waals surface area contributed by atoms with Crippen LogP contribution in [0.5, 0.6) is 0 Å². The number of hydrogen-bond acceptors (Lipinski definition) is 3. The van der Waals surface area contributed by atoms with Crippen LogP contribution in [0.25, 0.3) is 10.9 Å². The van der Waals surface area contributed by atoms with Gasteiger partial charge in [0.1, 0.15) is 6.04 Å². The standard InChI is InChI=1S/C20H25N3O3/c1-12(24)22-18(9-13-11-21-16-7-3-2-5-14(13)16)20(25)23-17-10-19-15(17)6-4-8-26-19/h2-3,5,7,11,15,17-19,21H,4,6,8-10H2,1H3,(H,22,24)(H,23,25). The second kappa shape index (κ2) is 7.11. The summed E-state index contributed by atoms with van der Waals surface area (Å²) >= 11 is 0. The number of benzene rings is 1. The number of carbonyl (C=O) groups excluding carboxylic acids is 2. The van der Waals surface area contributed by atoms with Gasteiger partial charge < -0.3 is 20.4 Å². The Bertz CT molecular complexity index is 815. The third-order valence-corrected chi connectivity index (χ3v) is 5.61. The maximum Gasteiger partial charge on any atom is 0.243 e. The Labute approximate surface area is 152 Å². The zero-order valence-electron chi connectivity index (χ0n) is 15.0. The SMILES string of the molecule is CC(=O)NC(Cc1c[nH]c2ccccc12)C(=O)NC1CC2OCCCC12. The minimum Gasteiger partial charge on any atom is -0.378 e. The molecule has 26 heavy (non-hydrogen) atoms. The highest BCUT2D eigenvalue weighted by molar-refractivity contribution is 5.89. The molecule has 0 radical (unpaired) electrons. The number of hydrogen-bond donors (Lipinski definition) is 3. The van der Waals surface area contributed by atoms with E-state index >= 15 is 0 Å². The summed E-state index contributed by atoms with van der Waals surface area (Å²) in [6.07, 6.45) is 5.70. The molecule has 1 aliphatic carbocycles. The topological polar surface area (TPSA) is 83.2 Å². The maximum absolute atomic E-state index is 12.8. The Morgan fingerprint density at radius 3 is 3.00 bits per heavy atom. The lowest BCUT2D eigenvalue weighted by Gasteiger charge is -2.47. The number of rotatable bonds is 5. The minimum absolute atomic E-state index is 0.112. The van der Waals surface area contributed by atoms with Crippen LogP contribution in [0.4, 0.5) is 0 Å². The molecule has 1 saturated carbocycles. The van der Waals surface area contributed by atoms with Crippen molar-refractivity contribution in [2.75, 3.05) is 6.61 Å². The average molecular weight is 355 g/mol. The number of ether oxygens (including phenoxy) is 1. The fourth-order valence-electron chi connectivity index (χ4n) is 4.22. The first-order chi connectivity index (χ1) is 12.6. The molecule has 6 nitrogen and oxygen atoms in total. The predicted octanol–water partition coefficient (Wildman–Crippen LogP) is 1.90. The predicted molar refractivity (Wildman–Crippen MR) is 98.6 cm³/mol. The largest absolute Gasteiger partial charge is 0.378 e. The zero-order chi connectivity index (χ0) is 18.1. The van der Waals surface area contributed by atoms with Crippen LogP contribution in [0.3, 0.4) is 0 Å². The second-order valence-corrected chi connectivity index (χ2v) is 7.38. The van der Waals surface area contributed by atoms with Gasteiger partial charge >= 0.3 is 0 Å². The Morgan fingerprint density at radius 2 is 2.19 bits per heavy atom. The number of nitrogens with one attached hydrogen (secondary N) is 3. The van der Waals surface area contributed by atoms with Crippen molar-refractivity contribution in [3.8, 4) is 0 Å². The van der Waals surface area contributed by atoms with Gasteiger partial charge in [0.15, 0.2) is 0 Å². The summed E-state index contributed by atoms with van der Waals surface area (Å²) in [5.74, 6) is 0.107. The van der Waals surface area contributed by atoms with Crippen LogP contribution in [0.15, 0.2) is 30.5 Å². The molecule has 2 aromatic rings. The highest BCUT2D eigenvalue weighted by Crippen LogP contribution is 2.37. The van der Waals surface area contributed by atoms with E-state index in [9.17, 15) is 9.59 Å². The molecule has 2 heterocycles. The van der Waals surface area contributed by atoms with Gasteiger partial charge in [-0.05, 0) is 30.9 Å². The molecule has 2 amide bonds. The number of fused-ring (bicyclic) bond motifs is 2. The molecule has 1 saturated heterocycles. The molecule has 4 rings (SSSR count). The van der Waals surface area contributed by atoms with E-state index < -0.39 is 6.04 Å². The van der Waals surface area contributed by atoms with Crippen molar-refractivity contribution in [1.82, 2.24) is 15.6 Å². The fraction of sp³-hybridized carbons (Fsp3) is 0.500. The van der Waals surface area contributed by atoms with Gasteiger partial charge in [0, 0.05) is 49.0 Å². The summed E-state index contributed by atoms with van der Waals surface area (Å²) in [6.45, 7) is 2.28. The third-order valence-electron chi connectivity index (χ3n) is 5.61. The molecule has 4 atom stereocenters. The molecule has 0 spiro atoms. The number of H-pyrrole nitrogens is 1. The number of amides is 2. The molecule has 3 N–H and O–H groups in total. The van der Waals surface area contributed by atoms with E-state index in [0.717, 1.165) is 42.3 Å². The van der Waals surface area contributed by atoms with Crippen LogP contribution in [-0.4, -0.2) is 41.6 Å². The van der Waals surface area contributed by atoms with Crippen LogP contribution >= 0.6 is 0 Å². The minimum atomic E-state index is -0.574. The molecule has 2 aliphatic rings. The lowest BCUT2D eigenvalue weighted by Crippen LogP contribution is -2.60. The van der Waals surface area contributed by atoms with E-state index in [2.05, 4.69) is 15.6 Å². The highest BCUT2D eigenvalue weighted by Gasteiger charge is 2.44. The van der Waals surface area contributed by atoms with Crippen LogP contribution in [0.1, 0.15) is 31.7 Å². The number of aromatic nitrogens is 1. The third kappa shape index (κ3) is 3.33. The molecule has 1 aromatic heterocycles. The molecule has 1 aromatic carbocycles. The second-order valence-electron chi connectivity index (χ2n) is 7.38. The van der Waals surface area contributed by atoms with Crippen molar-refractivity contribution in [1.29, 1.82) is 0 Å². The molecule has 0 bridgehead atoms. The van der Waals surface area contributed by atoms with Gasteiger partial charge in [-0.1, -0.05) is 18.2 Å². The van der Waals surface area contributed by atoms with Crippen molar-refractivity contribution in [2.45, 2.75) is 50.8 Å². The van der Waals surface area contributed by atoms with Crippen LogP contribution in [-0.2, 0) is 20.7 Å². The van der Waals surface area contributed by atoms with E-state index in [4.69, 9.17) is 4.74 Å². The van der Waals surface area contributed by atoms with Crippen molar-refractivity contribution >= 4 is 22.7 Å². The first-order valence-electron chi connectivity index (χ1n) is 9.36. The first kappa shape index (κ1) is 17.1. The molecule has 6 heteroatoms. The van der Waals surface area contributed by atoms with Crippen LogP contribution in [0.2, 0.25) is 0 Å². The Hall–Kier alpha value is -2.34. The molecule has 1 aliphatic heterocycles. The van der Waals surface area contributed by atoms with Crippen molar-refractivity contribution in [3.05, 3.63) is 36.0 Å². The zero-order valence-corrected chi connectivity index (χ0v) is 15.0. The lowest BCUT2D eigenvalue weighted by molar-refractivity contribution is -0.135. The monoisotopic (exact) mass is 355 g/mol. The van der Waals surface area contributed by atoms with Crippen molar-refractivity contribution in [3.63, 3.8) is 0 Å². The lowest BCUT2D eigenvalue weighted by atomic mass is 9.72. The van der Waals surface area contributed by atoms with E-state index in [-0.39, 0.29) is 17.9 Å². The smallest absolute Gasteiger partial charge is 0.243 e. The highest BCUT2D eigenvalue weighted by atomic mass is 16.5. The Kier molecular flexibility index (Phi) is 4.68. The van der Waals surface area contributed by atoms with Gasteiger partial charge in [0.2, 0.25) is 11.8 Å². The van der Waals surface area contributed by atoms with Gasteiger partial charge in [-0.25, -0.2) is 0 Å². The average Bonchev–Trinajstić information content (AvgIpc) is 3.02. The van der Waals surface area contributed by atoms with Crippen molar-refractivity contribution in [2.24, 2.45) is 5.92 Å². The summed E-state index contributed by atoms with van der Waals surface area (Å²) in [7, 11) is 0. The van der Waals surface area contributed by atoms with Gasteiger partial charge in [-0.15, -0.1) is 0 Å². The summed E-state index contributed by atoms with van der Waals surface area (Å²) in [5, 5.41) is 7.03. The van der Waals surface area contributed by atoms with E-state index in [0.29, 0.717) is 18.4 Å². The summed E-state index contributed by atoms with van der Waals surface area (Å²) in [5.41, 5.74) is 2.06. The van der Waals surface area contributed by atoms with E-state index in [1.54, 1.807) is 0 Å². The Balaban J connectivity index is 1.46. The maximum atomic E-state index is 12.8. The first-order valence-corrected chi connectivity index (χ1v) is 9.36. The van der Waals surface area contributed by atoms with E-state index in [1.165, 1.54) is 6.92 Å². The molecular weight excluding hydrogens is 330 g/mol. The van der Waals surface area contributed by atoms with Gasteiger partial charge in [0.05, 0.1) is 6.10 Å². The quantitative estimate of drug-likeness (QED) is 0.766. The van der Waals surface area contributed by atoms with Crippen molar-refractivity contribution < 1.29 is 14.3 Å². The molecule has 4 unspecified atom stereocenters. The molecular formula is C20H25N3O3. The normalized spacial score (nSPS) is 25.8. The summed E-state index contributed by atoms with van der Waals surface area (Å²) in [4.78, 5) is 27.7. The fourth-order valence-corrected chi connectivity index (χ4v) is 4.22. The number of carbonyl (C=O) groups is 2.